The van der Waals surface area contributed by atoms with E-state index in [2.05, 4.69) is 10.4 Å². The van der Waals surface area contributed by atoms with E-state index in [1.54, 1.807) is 29.8 Å². The molecule has 10 nitrogen and oxygen atoms in total. The maximum Gasteiger partial charge on any atom is 0.253 e. The minimum Gasteiger partial charge on any atom is -0.475 e. The molecule has 2 aliphatic heterocycles. The number of hydrogen-bond donors (Lipinski definition) is 1. The molecular weight excluding hydrogens is 448 g/mol. The number of ether oxygens (including phenoxy) is 2. The Morgan fingerprint density at radius 1 is 1.34 bits per heavy atom. The quantitative estimate of drug-likeness (QED) is 0.616. The molecule has 0 aliphatic carbocycles. The number of hydrogen-bond acceptors (Lipinski definition) is 7. The number of carbonyl (C=O) groups is 2. The first-order valence-corrected chi connectivity index (χ1v) is 11.9. The molecule has 0 radical (unpaired) electrons. The Morgan fingerprint density at radius 2 is 2.17 bits per heavy atom. The molecule has 1 N–H and O–H groups in total. The highest BCUT2D eigenvalue weighted by molar-refractivity contribution is 5.97. The van der Waals surface area contributed by atoms with Crippen LogP contribution in [0.5, 0.6) is 5.88 Å². The number of rotatable bonds is 3. The summed E-state index contributed by atoms with van der Waals surface area (Å²) in [5.41, 5.74) is 4.47. The van der Waals surface area contributed by atoms with E-state index >= 15 is 0 Å². The smallest absolute Gasteiger partial charge is 0.253 e. The normalized spacial score (nSPS) is 19.8. The van der Waals surface area contributed by atoms with Crippen LogP contribution in [0.4, 0.5) is 5.69 Å². The van der Waals surface area contributed by atoms with Gasteiger partial charge in [-0.25, -0.2) is 4.52 Å². The van der Waals surface area contributed by atoms with Crippen molar-refractivity contribution in [3.63, 3.8) is 0 Å². The highest BCUT2D eigenvalue weighted by Gasteiger charge is 2.40. The van der Waals surface area contributed by atoms with E-state index in [1.807, 2.05) is 43.1 Å². The topological polar surface area (TPSA) is 101 Å². The van der Waals surface area contributed by atoms with Gasteiger partial charge in [-0.3, -0.25) is 9.59 Å². The molecule has 0 spiro atoms. The third-order valence-electron chi connectivity index (χ3n) is 6.81. The van der Waals surface area contributed by atoms with Crippen LogP contribution in [0.25, 0.3) is 16.8 Å². The summed E-state index contributed by atoms with van der Waals surface area (Å²) in [6.07, 6.45) is 3.72. The van der Waals surface area contributed by atoms with Crippen molar-refractivity contribution in [2.24, 2.45) is 0 Å². The molecule has 1 saturated heterocycles. The number of methoxy groups -OCH3 is 1. The molecule has 2 aromatic heterocycles. The molecule has 2 aliphatic rings. The Hall–Kier alpha value is -3.66. The minimum atomic E-state index is -0.477. The summed E-state index contributed by atoms with van der Waals surface area (Å²) in [5, 5.41) is 7.89. The maximum absolute atomic E-state index is 13.0. The molecule has 2 amide bonds. The zero-order valence-corrected chi connectivity index (χ0v) is 20.4. The summed E-state index contributed by atoms with van der Waals surface area (Å²) in [4.78, 5) is 34.2. The molecule has 4 heterocycles. The van der Waals surface area contributed by atoms with Crippen LogP contribution in [0, 0.1) is 6.92 Å². The van der Waals surface area contributed by atoms with Crippen molar-refractivity contribution in [3.8, 4) is 17.0 Å². The average Bonchev–Trinajstić information content (AvgIpc) is 3.41. The fourth-order valence-electron chi connectivity index (χ4n) is 4.69. The molecule has 0 unspecified atom stereocenters. The van der Waals surface area contributed by atoms with Gasteiger partial charge in [-0.1, -0.05) is 0 Å². The van der Waals surface area contributed by atoms with Gasteiger partial charge in [0.25, 0.3) is 11.8 Å². The van der Waals surface area contributed by atoms with E-state index in [9.17, 15) is 9.59 Å². The molecule has 4 bridgehead atoms. The van der Waals surface area contributed by atoms with Crippen LogP contribution in [0.1, 0.15) is 29.3 Å². The van der Waals surface area contributed by atoms with Gasteiger partial charge in [-0.05, 0) is 37.6 Å². The first-order valence-electron chi connectivity index (χ1n) is 11.9. The Labute approximate surface area is 203 Å². The molecule has 0 saturated carbocycles. The number of anilines is 1. The van der Waals surface area contributed by atoms with Gasteiger partial charge in [0.2, 0.25) is 5.88 Å². The van der Waals surface area contributed by atoms with Crippen LogP contribution in [-0.2, 0) is 9.53 Å². The zero-order chi connectivity index (χ0) is 24.7. The van der Waals surface area contributed by atoms with Crippen LogP contribution >= 0.6 is 0 Å². The maximum atomic E-state index is 13.0. The lowest BCUT2D eigenvalue weighted by Crippen LogP contribution is -2.41. The van der Waals surface area contributed by atoms with E-state index in [1.165, 1.54) is 0 Å². The molecule has 1 fully saturated rings. The van der Waals surface area contributed by atoms with Gasteiger partial charge in [0.15, 0.2) is 5.65 Å². The molecule has 184 valence electrons. The lowest BCUT2D eigenvalue weighted by molar-refractivity contribution is -0.136. The Bertz CT molecular complexity index is 1290. The average molecular weight is 479 g/mol. The van der Waals surface area contributed by atoms with Crippen LogP contribution in [0.2, 0.25) is 0 Å². The van der Waals surface area contributed by atoms with Crippen molar-refractivity contribution in [1.29, 1.82) is 0 Å². The predicted molar refractivity (Wildman–Crippen MR) is 131 cm³/mol. The molecule has 2 atom stereocenters. The fourth-order valence-corrected chi connectivity index (χ4v) is 4.69. The number of nitrogens with one attached hydrogen (secondary N) is 1. The summed E-state index contributed by atoms with van der Waals surface area (Å²) in [6, 6.07) is 5.58. The lowest BCUT2D eigenvalue weighted by atomic mass is 10.0. The second-order valence-corrected chi connectivity index (χ2v) is 9.06. The van der Waals surface area contributed by atoms with Gasteiger partial charge < -0.3 is 24.6 Å². The third-order valence-corrected chi connectivity index (χ3v) is 6.81. The largest absolute Gasteiger partial charge is 0.475 e. The van der Waals surface area contributed by atoms with Gasteiger partial charge in [-0.2, -0.15) is 10.1 Å². The highest BCUT2D eigenvalue weighted by atomic mass is 16.5. The van der Waals surface area contributed by atoms with Crippen LogP contribution in [0.15, 0.2) is 30.6 Å². The molecule has 1 aromatic carbocycles. The number of aromatic nitrogens is 3. The van der Waals surface area contributed by atoms with E-state index in [-0.39, 0.29) is 17.9 Å². The summed E-state index contributed by atoms with van der Waals surface area (Å²) in [5.74, 6) is 0.392. The highest BCUT2D eigenvalue weighted by Crippen LogP contribution is 2.31. The number of fused-ring (bicyclic) bond motifs is 5. The fraction of sp³-hybridized carbons (Fsp3) is 0.440. The van der Waals surface area contributed by atoms with E-state index in [0.29, 0.717) is 49.8 Å². The lowest BCUT2D eigenvalue weighted by Gasteiger charge is -2.25. The van der Waals surface area contributed by atoms with E-state index in [4.69, 9.17) is 14.5 Å². The minimum absolute atomic E-state index is 0.0395. The second-order valence-electron chi connectivity index (χ2n) is 9.06. The molecular formula is C25H30N6O4. The molecule has 35 heavy (non-hydrogen) atoms. The summed E-state index contributed by atoms with van der Waals surface area (Å²) < 4.78 is 13.3. The standard InChI is InChI=1S/C25H30N6O4/c1-5-29(3)24(32)17-8-16-9-18(10-17)26-6-7-30-19(11-21(34-4)25(30)33)14-35-23-15(2)13-31-22(28-23)20(16)12-27-31/h8-10,12-13,19,21,26H,5-7,11,14H2,1-4H3/t19-,21+/m0/s1. The van der Waals surface area contributed by atoms with E-state index < -0.39 is 6.10 Å². The first kappa shape index (κ1) is 23.1. The molecule has 10 heteroatoms. The summed E-state index contributed by atoms with van der Waals surface area (Å²) in [7, 11) is 3.34. The molecule has 5 rings (SSSR count). The van der Waals surface area contributed by atoms with Crippen LogP contribution in [0.3, 0.4) is 0 Å². The number of nitrogens with zero attached hydrogens (tertiary/aromatic N) is 5. The second kappa shape index (κ2) is 9.18. The first-order chi connectivity index (χ1) is 16.9. The van der Waals surface area contributed by atoms with Crippen molar-refractivity contribution in [2.75, 3.05) is 45.7 Å². The number of benzene rings is 1. The van der Waals surface area contributed by atoms with E-state index in [0.717, 1.165) is 22.4 Å². The van der Waals surface area contributed by atoms with Crippen LogP contribution in [-0.4, -0.2) is 88.8 Å². The van der Waals surface area contributed by atoms with Crippen LogP contribution < -0.4 is 10.1 Å². The van der Waals surface area contributed by atoms with Crippen molar-refractivity contribution in [2.45, 2.75) is 32.4 Å². The van der Waals surface area contributed by atoms with Gasteiger partial charge in [0, 0.05) is 68.8 Å². The summed E-state index contributed by atoms with van der Waals surface area (Å²) in [6.45, 7) is 5.79. The zero-order valence-electron chi connectivity index (χ0n) is 20.4. The van der Waals surface area contributed by atoms with Gasteiger partial charge in [-0.15, -0.1) is 0 Å². The van der Waals surface area contributed by atoms with Gasteiger partial charge in [0.05, 0.1) is 12.2 Å². The predicted octanol–water partition coefficient (Wildman–Crippen LogP) is 2.22. The Kier molecular flexibility index (Phi) is 6.06. The van der Waals surface area contributed by atoms with Gasteiger partial charge in [0.1, 0.15) is 12.7 Å². The van der Waals surface area contributed by atoms with Crippen molar-refractivity contribution < 1.29 is 19.1 Å². The Balaban J connectivity index is 1.62. The summed E-state index contributed by atoms with van der Waals surface area (Å²) >= 11 is 0. The Morgan fingerprint density at radius 3 is 2.94 bits per heavy atom. The number of amides is 2. The van der Waals surface area contributed by atoms with Crippen molar-refractivity contribution in [3.05, 3.63) is 41.7 Å². The molecule has 3 aromatic rings. The van der Waals surface area contributed by atoms with Gasteiger partial charge >= 0.3 is 0 Å². The number of carbonyl (C=O) groups excluding carboxylic acids is 2. The third kappa shape index (κ3) is 4.18. The monoisotopic (exact) mass is 478 g/mol. The van der Waals surface area contributed by atoms with Crippen molar-refractivity contribution in [1.82, 2.24) is 24.4 Å². The number of aryl methyl sites for hydroxylation is 1. The van der Waals surface area contributed by atoms with Crippen molar-refractivity contribution >= 4 is 23.1 Å². The SMILES string of the molecule is CCN(C)C(=O)c1cc2cc(c1)-c1cnn3cc(C)c(nc13)OC[C@@H]1C[C@@H](OC)C(=O)N1CCN2.